The SMILES string of the molecule is Nc1ccc(Cl)cc1.O=C(O)c1cc2ccccc2cc1O. The number of anilines is 1. The van der Waals surface area contributed by atoms with Crippen LogP contribution in [0.2, 0.25) is 5.02 Å². The second-order valence-corrected chi connectivity index (χ2v) is 5.01. The molecule has 3 aromatic carbocycles. The van der Waals surface area contributed by atoms with Gasteiger partial charge in [-0.2, -0.15) is 0 Å². The van der Waals surface area contributed by atoms with Crippen LogP contribution in [-0.4, -0.2) is 16.2 Å². The lowest BCUT2D eigenvalue weighted by Crippen LogP contribution is -1.96. The average Bonchev–Trinajstić information content (AvgIpc) is 2.50. The van der Waals surface area contributed by atoms with Crippen LogP contribution in [0.15, 0.2) is 60.7 Å². The smallest absolute Gasteiger partial charge is 0.339 e. The number of carbonyl (C=O) groups is 1. The molecule has 22 heavy (non-hydrogen) atoms. The molecule has 4 N–H and O–H groups in total. The van der Waals surface area contributed by atoms with Crippen LogP contribution < -0.4 is 5.73 Å². The molecule has 0 atom stereocenters. The molecular weight excluding hydrogens is 302 g/mol. The van der Waals surface area contributed by atoms with E-state index in [4.69, 9.17) is 22.4 Å². The largest absolute Gasteiger partial charge is 0.507 e. The number of halogens is 1. The summed E-state index contributed by atoms with van der Waals surface area (Å²) in [5, 5.41) is 20.5. The fourth-order valence-electron chi connectivity index (χ4n) is 1.86. The number of nitrogens with two attached hydrogens (primary N) is 1. The molecule has 0 bridgehead atoms. The van der Waals surface area contributed by atoms with Crippen LogP contribution in [0.4, 0.5) is 5.69 Å². The molecule has 0 fully saturated rings. The minimum Gasteiger partial charge on any atom is -0.507 e. The Labute approximate surface area is 132 Å². The lowest BCUT2D eigenvalue weighted by molar-refractivity contribution is 0.0694. The maximum Gasteiger partial charge on any atom is 0.339 e. The van der Waals surface area contributed by atoms with E-state index in [1.54, 1.807) is 30.3 Å². The lowest BCUT2D eigenvalue weighted by Gasteiger charge is -2.02. The van der Waals surface area contributed by atoms with Crippen molar-refractivity contribution in [1.29, 1.82) is 0 Å². The van der Waals surface area contributed by atoms with Crippen LogP contribution in [0.1, 0.15) is 10.4 Å². The monoisotopic (exact) mass is 315 g/mol. The third-order valence-electron chi connectivity index (χ3n) is 2.96. The van der Waals surface area contributed by atoms with Crippen molar-refractivity contribution in [2.24, 2.45) is 0 Å². The molecule has 0 radical (unpaired) electrons. The Bertz CT molecular complexity index is 780. The van der Waals surface area contributed by atoms with Gasteiger partial charge in [-0.1, -0.05) is 35.9 Å². The Hall–Kier alpha value is -2.72. The predicted octanol–water partition coefficient (Wildman–Crippen LogP) is 4.17. The molecule has 0 unspecified atom stereocenters. The molecule has 0 saturated heterocycles. The molecule has 0 heterocycles. The molecule has 4 nitrogen and oxygen atoms in total. The van der Waals surface area contributed by atoms with E-state index < -0.39 is 5.97 Å². The van der Waals surface area contributed by atoms with Gasteiger partial charge in [0.2, 0.25) is 0 Å². The molecule has 0 saturated carbocycles. The molecule has 0 aliphatic rings. The van der Waals surface area contributed by atoms with E-state index in [0.717, 1.165) is 21.5 Å². The van der Waals surface area contributed by atoms with Crippen molar-refractivity contribution in [2.45, 2.75) is 0 Å². The summed E-state index contributed by atoms with van der Waals surface area (Å²) in [7, 11) is 0. The number of carboxylic acids is 1. The van der Waals surface area contributed by atoms with Crippen LogP contribution in [-0.2, 0) is 0 Å². The van der Waals surface area contributed by atoms with E-state index in [1.807, 2.05) is 18.2 Å². The van der Waals surface area contributed by atoms with Crippen molar-refractivity contribution in [3.63, 3.8) is 0 Å². The second kappa shape index (κ2) is 6.83. The second-order valence-electron chi connectivity index (χ2n) is 4.57. The highest BCUT2D eigenvalue weighted by atomic mass is 35.5. The van der Waals surface area contributed by atoms with Gasteiger partial charge in [0.25, 0.3) is 0 Å². The maximum atomic E-state index is 10.7. The Morgan fingerprint density at radius 1 is 0.955 bits per heavy atom. The van der Waals surface area contributed by atoms with Crippen molar-refractivity contribution >= 4 is 34.0 Å². The summed E-state index contributed by atoms with van der Waals surface area (Å²) in [6.07, 6.45) is 0. The molecule has 0 aliphatic heterocycles. The van der Waals surface area contributed by atoms with Crippen LogP contribution in [0.25, 0.3) is 10.8 Å². The number of hydrogen-bond acceptors (Lipinski definition) is 3. The van der Waals surface area contributed by atoms with Crippen molar-refractivity contribution in [3.05, 3.63) is 71.2 Å². The molecule has 5 heteroatoms. The third kappa shape index (κ3) is 3.90. The van der Waals surface area contributed by atoms with E-state index in [2.05, 4.69) is 0 Å². The van der Waals surface area contributed by atoms with Crippen molar-refractivity contribution < 1.29 is 15.0 Å². The molecular formula is C17H14ClNO3. The van der Waals surface area contributed by atoms with Gasteiger partial charge in [-0.05, 0) is 47.2 Å². The van der Waals surface area contributed by atoms with Gasteiger partial charge in [0.15, 0.2) is 0 Å². The molecule has 0 aliphatic carbocycles. The van der Waals surface area contributed by atoms with E-state index in [9.17, 15) is 9.90 Å². The molecule has 0 spiro atoms. The van der Waals surface area contributed by atoms with E-state index in [0.29, 0.717) is 0 Å². The average molecular weight is 316 g/mol. The summed E-state index contributed by atoms with van der Waals surface area (Å²) >= 11 is 5.56. The van der Waals surface area contributed by atoms with Gasteiger partial charge in [-0.25, -0.2) is 4.79 Å². The Kier molecular flexibility index (Phi) is 4.86. The maximum absolute atomic E-state index is 10.7. The van der Waals surface area contributed by atoms with Crippen LogP contribution in [0.3, 0.4) is 0 Å². The first kappa shape index (κ1) is 15.7. The van der Waals surface area contributed by atoms with E-state index in [1.165, 1.54) is 12.1 Å². The van der Waals surface area contributed by atoms with Gasteiger partial charge in [0.1, 0.15) is 11.3 Å². The van der Waals surface area contributed by atoms with Gasteiger partial charge in [-0.15, -0.1) is 0 Å². The summed E-state index contributed by atoms with van der Waals surface area (Å²) in [4.78, 5) is 10.7. The van der Waals surface area contributed by atoms with Gasteiger partial charge >= 0.3 is 5.97 Å². The highest BCUT2D eigenvalue weighted by Gasteiger charge is 2.09. The number of carboxylic acid groups (broad SMARTS) is 1. The van der Waals surface area contributed by atoms with Gasteiger partial charge in [0.05, 0.1) is 0 Å². The third-order valence-corrected chi connectivity index (χ3v) is 3.22. The highest BCUT2D eigenvalue weighted by Crippen LogP contribution is 2.24. The molecule has 0 amide bonds. The van der Waals surface area contributed by atoms with Crippen molar-refractivity contribution in [3.8, 4) is 5.75 Å². The molecule has 3 aromatic rings. The number of fused-ring (bicyclic) bond motifs is 1. The zero-order chi connectivity index (χ0) is 16.1. The zero-order valence-corrected chi connectivity index (χ0v) is 12.3. The summed E-state index contributed by atoms with van der Waals surface area (Å²) in [6.45, 7) is 0. The first-order valence-electron chi connectivity index (χ1n) is 6.43. The molecule has 0 aromatic heterocycles. The minimum atomic E-state index is -1.12. The number of nitrogen functional groups attached to an aromatic ring is 1. The Morgan fingerprint density at radius 2 is 1.50 bits per heavy atom. The number of aromatic carboxylic acids is 1. The first-order valence-corrected chi connectivity index (χ1v) is 6.81. The summed E-state index contributed by atoms with van der Waals surface area (Å²) in [5.41, 5.74) is 6.05. The van der Waals surface area contributed by atoms with E-state index >= 15 is 0 Å². The number of benzene rings is 3. The van der Waals surface area contributed by atoms with Crippen LogP contribution in [0.5, 0.6) is 5.75 Å². The van der Waals surface area contributed by atoms with Crippen molar-refractivity contribution in [1.82, 2.24) is 0 Å². The lowest BCUT2D eigenvalue weighted by atomic mass is 10.1. The van der Waals surface area contributed by atoms with Crippen LogP contribution >= 0.6 is 11.6 Å². The van der Waals surface area contributed by atoms with Crippen LogP contribution in [0, 0.1) is 0 Å². The van der Waals surface area contributed by atoms with Gasteiger partial charge in [-0.3, -0.25) is 0 Å². The standard InChI is InChI=1S/C11H8O3.C6H6ClN/c12-10-6-8-4-2-1-3-7(8)5-9(10)11(13)14;7-5-1-3-6(8)4-2-5/h1-6,12H,(H,13,14);1-4H,8H2. The van der Waals surface area contributed by atoms with Gasteiger partial charge < -0.3 is 15.9 Å². The topological polar surface area (TPSA) is 83.6 Å². The first-order chi connectivity index (χ1) is 10.5. The fourth-order valence-corrected chi connectivity index (χ4v) is 1.99. The minimum absolute atomic E-state index is 0.0660. The van der Waals surface area contributed by atoms with Gasteiger partial charge in [0, 0.05) is 10.7 Å². The fraction of sp³-hybridized carbons (Fsp3) is 0. The zero-order valence-electron chi connectivity index (χ0n) is 11.5. The molecule has 3 rings (SSSR count). The number of phenols is 1. The highest BCUT2D eigenvalue weighted by molar-refractivity contribution is 6.30. The quantitative estimate of drug-likeness (QED) is 0.589. The summed E-state index contributed by atoms with van der Waals surface area (Å²) in [6, 6.07) is 17.3. The Balaban J connectivity index is 0.000000188. The van der Waals surface area contributed by atoms with Crippen molar-refractivity contribution in [2.75, 3.05) is 5.73 Å². The predicted molar refractivity (Wildman–Crippen MR) is 88.4 cm³/mol. The summed E-state index contributed by atoms with van der Waals surface area (Å²) in [5.74, 6) is -1.32. The normalized spacial score (nSPS) is 9.86. The van der Waals surface area contributed by atoms with E-state index in [-0.39, 0.29) is 11.3 Å². The number of aromatic hydroxyl groups is 1. The number of hydrogen-bond donors (Lipinski definition) is 3. The number of rotatable bonds is 1. The Morgan fingerprint density at radius 3 is 2.00 bits per heavy atom. The molecule has 112 valence electrons. The summed E-state index contributed by atoms with van der Waals surface area (Å²) < 4.78 is 0.